The van der Waals surface area contributed by atoms with Crippen LogP contribution in [0.1, 0.15) is 142 Å². The Morgan fingerprint density at radius 2 is 1.02 bits per heavy atom. The molecule has 0 radical (unpaired) electrons. The van der Waals surface area contributed by atoms with Crippen molar-refractivity contribution in [3.05, 3.63) is 0 Å². The van der Waals surface area contributed by atoms with E-state index in [2.05, 4.69) is 0 Å². The fourth-order valence-corrected chi connectivity index (χ4v) is 4.96. The molecule has 0 aliphatic rings. The van der Waals surface area contributed by atoms with E-state index in [9.17, 15) is 24.0 Å². The van der Waals surface area contributed by atoms with E-state index in [1.807, 2.05) is 41.5 Å². The number of hydrogen-bond donors (Lipinski definition) is 0. The maximum absolute atomic E-state index is 13.5. The summed E-state index contributed by atoms with van der Waals surface area (Å²) in [5.41, 5.74) is -3.18. The molecular formula is C36H64O10. The summed E-state index contributed by atoms with van der Waals surface area (Å²) in [5, 5.41) is 0. The first kappa shape index (κ1) is 43.4. The summed E-state index contributed by atoms with van der Waals surface area (Å²) in [6.07, 6.45) is 0.283. The van der Waals surface area contributed by atoms with E-state index < -0.39 is 52.5 Å². The summed E-state index contributed by atoms with van der Waals surface area (Å²) >= 11 is 0. The highest BCUT2D eigenvalue weighted by molar-refractivity contribution is 5.80. The zero-order valence-electron chi connectivity index (χ0n) is 31.5. The number of esters is 5. The lowest BCUT2D eigenvalue weighted by Crippen LogP contribution is -2.41. The van der Waals surface area contributed by atoms with Crippen molar-refractivity contribution in [1.82, 2.24) is 0 Å². The summed E-state index contributed by atoms with van der Waals surface area (Å²) in [7, 11) is 0. The average molecular weight is 657 g/mol. The maximum atomic E-state index is 13.5. The maximum Gasteiger partial charge on any atom is 0.311 e. The van der Waals surface area contributed by atoms with Gasteiger partial charge in [-0.15, -0.1) is 0 Å². The lowest BCUT2D eigenvalue weighted by molar-refractivity contribution is -0.176. The van der Waals surface area contributed by atoms with Crippen molar-refractivity contribution in [1.29, 1.82) is 0 Å². The number of carbonyl (C=O) groups is 5. The van der Waals surface area contributed by atoms with E-state index in [0.29, 0.717) is 12.8 Å². The third-order valence-electron chi connectivity index (χ3n) is 6.95. The van der Waals surface area contributed by atoms with Gasteiger partial charge in [-0.05, 0) is 85.0 Å². The second-order valence-corrected chi connectivity index (χ2v) is 17.2. The molecule has 3 unspecified atom stereocenters. The molecule has 46 heavy (non-hydrogen) atoms. The van der Waals surface area contributed by atoms with Crippen molar-refractivity contribution in [3.63, 3.8) is 0 Å². The third-order valence-corrected chi connectivity index (χ3v) is 6.95. The molecule has 10 heteroatoms. The molecule has 10 nitrogen and oxygen atoms in total. The molecule has 0 bridgehead atoms. The van der Waals surface area contributed by atoms with Crippen LogP contribution in [0.15, 0.2) is 0 Å². The molecule has 0 fully saturated rings. The van der Waals surface area contributed by atoms with Gasteiger partial charge in [-0.3, -0.25) is 24.0 Å². The summed E-state index contributed by atoms with van der Waals surface area (Å²) in [5.74, 6) is -2.82. The molecule has 0 saturated heterocycles. The van der Waals surface area contributed by atoms with Crippen molar-refractivity contribution in [3.8, 4) is 0 Å². The summed E-state index contributed by atoms with van der Waals surface area (Å²) in [6, 6.07) is 0. The molecule has 0 aliphatic carbocycles. The van der Waals surface area contributed by atoms with Crippen LogP contribution in [0.2, 0.25) is 0 Å². The second-order valence-electron chi connectivity index (χ2n) is 17.2. The molecule has 0 aromatic rings. The zero-order chi connectivity index (χ0) is 36.3. The molecule has 0 aromatic carbocycles. The van der Waals surface area contributed by atoms with Gasteiger partial charge in [-0.1, -0.05) is 55.4 Å². The smallest absolute Gasteiger partial charge is 0.311 e. The van der Waals surface area contributed by atoms with E-state index >= 15 is 0 Å². The topological polar surface area (TPSA) is 132 Å². The minimum absolute atomic E-state index is 0.0377. The van der Waals surface area contributed by atoms with Gasteiger partial charge in [0, 0.05) is 12.8 Å². The quantitative estimate of drug-likeness (QED) is 0.115. The van der Waals surface area contributed by atoms with E-state index in [0.717, 1.165) is 0 Å². The van der Waals surface area contributed by atoms with Gasteiger partial charge < -0.3 is 23.7 Å². The molecule has 0 saturated carbocycles. The molecule has 0 heterocycles. The Kier molecular flexibility index (Phi) is 16.5. The first-order valence-electron chi connectivity index (χ1n) is 16.5. The van der Waals surface area contributed by atoms with Crippen LogP contribution < -0.4 is 0 Å². The largest absolute Gasteiger partial charge is 0.462 e. The van der Waals surface area contributed by atoms with Gasteiger partial charge in [0.05, 0.1) is 16.7 Å². The second kappa shape index (κ2) is 17.5. The average Bonchev–Trinajstić information content (AvgIpc) is 2.84. The highest BCUT2D eigenvalue weighted by Crippen LogP contribution is 2.37. The van der Waals surface area contributed by atoms with Crippen LogP contribution in [0.4, 0.5) is 0 Å². The summed E-state index contributed by atoms with van der Waals surface area (Å²) in [4.78, 5) is 63.5. The van der Waals surface area contributed by atoms with Gasteiger partial charge in [0.2, 0.25) is 0 Å². The molecule has 0 rings (SSSR count). The SMILES string of the molecule is CCC(=O)OCC(CC(C)(C)C)OC(=O)C(C)(C)CC(C)(C)C(=O)OC(COC(=O)C(C)CCC(=O)OC(C)(C)C)CC(C)(C)C. The van der Waals surface area contributed by atoms with Crippen LogP contribution in [0.3, 0.4) is 0 Å². The first-order valence-corrected chi connectivity index (χ1v) is 16.5. The Hall–Kier alpha value is -2.65. The van der Waals surface area contributed by atoms with Gasteiger partial charge in [-0.25, -0.2) is 0 Å². The van der Waals surface area contributed by atoms with Gasteiger partial charge in [-0.2, -0.15) is 0 Å². The van der Waals surface area contributed by atoms with E-state index in [4.69, 9.17) is 23.7 Å². The Bertz CT molecular complexity index is 1020. The molecule has 0 aliphatic heterocycles. The fraction of sp³-hybridized carbons (Fsp3) is 0.861. The number of ether oxygens (including phenoxy) is 5. The normalized spacial score (nSPS) is 14.8. The first-order chi connectivity index (χ1) is 20.6. The predicted molar refractivity (Wildman–Crippen MR) is 177 cm³/mol. The number of rotatable bonds is 17. The number of hydrogen-bond acceptors (Lipinski definition) is 10. The molecule has 268 valence electrons. The predicted octanol–water partition coefficient (Wildman–Crippen LogP) is 7.38. The summed E-state index contributed by atoms with van der Waals surface area (Å²) in [6.45, 7) is 27.4. The Morgan fingerprint density at radius 1 is 0.609 bits per heavy atom. The number of carbonyl (C=O) groups excluding carboxylic acids is 5. The van der Waals surface area contributed by atoms with Crippen LogP contribution in [-0.2, 0) is 47.7 Å². The third kappa shape index (κ3) is 19.1. The van der Waals surface area contributed by atoms with Crippen molar-refractivity contribution in [2.75, 3.05) is 13.2 Å². The van der Waals surface area contributed by atoms with Crippen molar-refractivity contribution < 1.29 is 47.7 Å². The zero-order valence-corrected chi connectivity index (χ0v) is 31.5. The standard InChI is InChI=1S/C36H64O10/c1-16-27(37)42-21-25(19-32(3,4)5)44-30(40)35(12,13)23-36(14,15)31(41)45-26(20-33(6,7)8)22-43-29(39)24(2)17-18-28(38)46-34(9,10)11/h24-26H,16-23H2,1-15H3. The minimum atomic E-state index is -1.09. The fourth-order valence-electron chi connectivity index (χ4n) is 4.96. The van der Waals surface area contributed by atoms with Crippen molar-refractivity contribution >= 4 is 29.8 Å². The van der Waals surface area contributed by atoms with Crippen LogP contribution in [0.5, 0.6) is 0 Å². The van der Waals surface area contributed by atoms with Gasteiger partial charge in [0.15, 0.2) is 0 Å². The van der Waals surface area contributed by atoms with Gasteiger partial charge >= 0.3 is 29.8 Å². The minimum Gasteiger partial charge on any atom is -0.462 e. The molecule has 0 amide bonds. The molecule has 3 atom stereocenters. The summed E-state index contributed by atoms with van der Waals surface area (Å²) < 4.78 is 27.9. The monoisotopic (exact) mass is 656 g/mol. The lowest BCUT2D eigenvalue weighted by Gasteiger charge is -2.35. The lowest BCUT2D eigenvalue weighted by atomic mass is 9.75. The Morgan fingerprint density at radius 3 is 1.39 bits per heavy atom. The van der Waals surface area contributed by atoms with Crippen LogP contribution >= 0.6 is 0 Å². The van der Waals surface area contributed by atoms with Gasteiger partial charge in [0.1, 0.15) is 31.0 Å². The molecule has 0 aromatic heterocycles. The Balaban J connectivity index is 5.49. The van der Waals surface area contributed by atoms with Crippen molar-refractivity contribution in [2.45, 2.75) is 160 Å². The van der Waals surface area contributed by atoms with Crippen LogP contribution in [0, 0.1) is 27.6 Å². The molecule has 0 spiro atoms. The van der Waals surface area contributed by atoms with E-state index in [1.165, 1.54) is 0 Å². The highest BCUT2D eigenvalue weighted by Gasteiger charge is 2.43. The van der Waals surface area contributed by atoms with Crippen LogP contribution in [-0.4, -0.2) is 60.9 Å². The Labute approximate surface area is 278 Å². The molecule has 0 N–H and O–H groups in total. The van der Waals surface area contributed by atoms with E-state index in [-0.39, 0.29) is 61.7 Å². The van der Waals surface area contributed by atoms with Crippen LogP contribution in [0.25, 0.3) is 0 Å². The molecular weight excluding hydrogens is 592 g/mol. The highest BCUT2D eigenvalue weighted by atomic mass is 16.6. The van der Waals surface area contributed by atoms with Crippen molar-refractivity contribution in [2.24, 2.45) is 27.6 Å². The van der Waals surface area contributed by atoms with Gasteiger partial charge in [0.25, 0.3) is 0 Å². The van der Waals surface area contributed by atoms with E-state index in [1.54, 1.807) is 62.3 Å².